The SMILES string of the molecule is CSc1ccccc1NC(=O)N[C@H](C)C(=O)NCc1ccccc1. The van der Waals surface area contributed by atoms with Gasteiger partial charge in [-0.05, 0) is 30.9 Å². The number of para-hydroxylation sites is 1. The lowest BCUT2D eigenvalue weighted by Gasteiger charge is -2.16. The molecule has 2 aromatic carbocycles. The summed E-state index contributed by atoms with van der Waals surface area (Å²) in [6.07, 6.45) is 1.94. The number of thioether (sulfide) groups is 1. The van der Waals surface area contributed by atoms with Crippen molar-refractivity contribution >= 4 is 29.4 Å². The van der Waals surface area contributed by atoms with E-state index in [1.807, 2.05) is 60.9 Å². The second-order valence-corrected chi connectivity index (χ2v) is 6.07. The van der Waals surface area contributed by atoms with Crippen molar-refractivity contribution in [3.05, 3.63) is 60.2 Å². The quantitative estimate of drug-likeness (QED) is 0.705. The molecule has 0 aliphatic carbocycles. The van der Waals surface area contributed by atoms with E-state index in [-0.39, 0.29) is 5.91 Å². The second-order valence-electron chi connectivity index (χ2n) is 5.22. The van der Waals surface area contributed by atoms with Gasteiger partial charge in [0.05, 0.1) is 5.69 Å². The van der Waals surface area contributed by atoms with Gasteiger partial charge in [-0.2, -0.15) is 0 Å². The molecule has 0 saturated carbocycles. The van der Waals surface area contributed by atoms with Crippen LogP contribution in [0.1, 0.15) is 12.5 Å². The fraction of sp³-hybridized carbons (Fsp3) is 0.222. The monoisotopic (exact) mass is 343 g/mol. The van der Waals surface area contributed by atoms with Crippen molar-refractivity contribution in [1.82, 2.24) is 10.6 Å². The summed E-state index contributed by atoms with van der Waals surface area (Å²) < 4.78 is 0. The second kappa shape index (κ2) is 8.98. The highest BCUT2D eigenvalue weighted by atomic mass is 32.2. The van der Waals surface area contributed by atoms with Gasteiger partial charge in [-0.25, -0.2) is 4.79 Å². The average molecular weight is 343 g/mol. The molecule has 0 aliphatic rings. The first-order valence-corrected chi connectivity index (χ1v) is 8.85. The molecule has 0 radical (unpaired) electrons. The van der Waals surface area contributed by atoms with Gasteiger partial charge < -0.3 is 16.0 Å². The lowest BCUT2D eigenvalue weighted by molar-refractivity contribution is -0.122. The number of carbonyl (C=O) groups excluding carboxylic acids is 2. The molecular weight excluding hydrogens is 322 g/mol. The molecule has 126 valence electrons. The van der Waals surface area contributed by atoms with E-state index in [0.29, 0.717) is 6.54 Å². The largest absolute Gasteiger partial charge is 0.350 e. The van der Waals surface area contributed by atoms with E-state index in [9.17, 15) is 9.59 Å². The van der Waals surface area contributed by atoms with Crippen molar-refractivity contribution < 1.29 is 9.59 Å². The van der Waals surface area contributed by atoms with E-state index in [4.69, 9.17) is 0 Å². The number of anilines is 1. The molecule has 24 heavy (non-hydrogen) atoms. The van der Waals surface area contributed by atoms with Gasteiger partial charge in [-0.3, -0.25) is 4.79 Å². The van der Waals surface area contributed by atoms with E-state index < -0.39 is 12.1 Å². The smallest absolute Gasteiger partial charge is 0.319 e. The lowest BCUT2D eigenvalue weighted by Crippen LogP contribution is -2.46. The van der Waals surface area contributed by atoms with Crippen molar-refractivity contribution in [2.75, 3.05) is 11.6 Å². The average Bonchev–Trinajstić information content (AvgIpc) is 2.60. The minimum Gasteiger partial charge on any atom is -0.350 e. The topological polar surface area (TPSA) is 70.2 Å². The molecule has 0 aliphatic heterocycles. The minimum absolute atomic E-state index is 0.229. The van der Waals surface area contributed by atoms with Crippen molar-refractivity contribution in [2.45, 2.75) is 24.4 Å². The Bertz CT molecular complexity index is 692. The Balaban J connectivity index is 1.83. The molecule has 2 aromatic rings. The lowest BCUT2D eigenvalue weighted by atomic mass is 10.2. The molecule has 0 saturated heterocycles. The van der Waals surface area contributed by atoms with Crippen LogP contribution in [0, 0.1) is 0 Å². The summed E-state index contributed by atoms with van der Waals surface area (Å²) in [5.74, 6) is -0.229. The van der Waals surface area contributed by atoms with Crippen molar-refractivity contribution in [3.63, 3.8) is 0 Å². The number of nitrogens with one attached hydrogen (secondary N) is 3. The van der Waals surface area contributed by atoms with Gasteiger partial charge in [0, 0.05) is 11.4 Å². The molecule has 2 rings (SSSR count). The summed E-state index contributed by atoms with van der Waals surface area (Å²) in [6, 6.07) is 16.1. The Morgan fingerprint density at radius 3 is 2.42 bits per heavy atom. The molecule has 3 amide bonds. The number of rotatable bonds is 6. The van der Waals surface area contributed by atoms with Crippen molar-refractivity contribution in [3.8, 4) is 0 Å². The number of amides is 3. The van der Waals surface area contributed by atoms with Crippen LogP contribution >= 0.6 is 11.8 Å². The van der Waals surface area contributed by atoms with Gasteiger partial charge >= 0.3 is 6.03 Å². The number of hydrogen-bond donors (Lipinski definition) is 3. The van der Waals surface area contributed by atoms with E-state index in [1.165, 1.54) is 0 Å². The number of urea groups is 1. The Kier molecular flexibility index (Phi) is 6.69. The Morgan fingerprint density at radius 2 is 1.71 bits per heavy atom. The summed E-state index contributed by atoms with van der Waals surface area (Å²) in [4.78, 5) is 25.1. The molecule has 0 bridgehead atoms. The third kappa shape index (κ3) is 5.31. The summed E-state index contributed by atoms with van der Waals surface area (Å²) in [7, 11) is 0. The third-order valence-corrected chi connectivity index (χ3v) is 4.20. The van der Waals surface area contributed by atoms with Gasteiger partial charge in [0.1, 0.15) is 6.04 Å². The van der Waals surface area contributed by atoms with Gasteiger partial charge in [0.2, 0.25) is 5.91 Å². The molecule has 3 N–H and O–H groups in total. The van der Waals surface area contributed by atoms with Crippen LogP contribution < -0.4 is 16.0 Å². The molecule has 0 heterocycles. The summed E-state index contributed by atoms with van der Waals surface area (Å²) in [6.45, 7) is 2.09. The van der Waals surface area contributed by atoms with Crippen molar-refractivity contribution in [1.29, 1.82) is 0 Å². The first kappa shape index (κ1) is 17.9. The maximum absolute atomic E-state index is 12.1. The number of benzene rings is 2. The van der Waals surface area contributed by atoms with Crippen LogP contribution in [-0.4, -0.2) is 24.2 Å². The van der Waals surface area contributed by atoms with E-state index in [0.717, 1.165) is 16.1 Å². The standard InChI is InChI=1S/C18H21N3O2S/c1-13(17(22)19-12-14-8-4-3-5-9-14)20-18(23)21-15-10-6-7-11-16(15)24-2/h3-11,13H,12H2,1-2H3,(H,19,22)(H2,20,21,23)/t13-/m1/s1. The first-order chi connectivity index (χ1) is 11.6. The van der Waals surface area contributed by atoms with Gasteiger partial charge in [0.25, 0.3) is 0 Å². The normalized spacial score (nSPS) is 11.4. The fourth-order valence-electron chi connectivity index (χ4n) is 2.11. The molecule has 6 heteroatoms. The van der Waals surface area contributed by atoms with Crippen LogP contribution in [0.2, 0.25) is 0 Å². The van der Waals surface area contributed by atoms with Crippen LogP contribution in [0.5, 0.6) is 0 Å². The molecule has 0 fully saturated rings. The molecule has 1 atom stereocenters. The summed E-state index contributed by atoms with van der Waals surface area (Å²) in [5.41, 5.74) is 1.73. The molecule has 0 unspecified atom stereocenters. The van der Waals surface area contributed by atoms with Gasteiger partial charge in [0.15, 0.2) is 0 Å². The van der Waals surface area contributed by atoms with E-state index >= 15 is 0 Å². The van der Waals surface area contributed by atoms with Crippen LogP contribution in [0.3, 0.4) is 0 Å². The van der Waals surface area contributed by atoms with E-state index in [1.54, 1.807) is 18.7 Å². The molecule has 0 aromatic heterocycles. The molecule has 0 spiro atoms. The van der Waals surface area contributed by atoms with E-state index in [2.05, 4.69) is 16.0 Å². The van der Waals surface area contributed by atoms with Crippen LogP contribution in [0.15, 0.2) is 59.5 Å². The highest BCUT2D eigenvalue weighted by Crippen LogP contribution is 2.24. The Hall–Kier alpha value is -2.47. The molecular formula is C18H21N3O2S. The number of hydrogen-bond acceptors (Lipinski definition) is 3. The third-order valence-electron chi connectivity index (χ3n) is 3.41. The highest BCUT2D eigenvalue weighted by Gasteiger charge is 2.15. The van der Waals surface area contributed by atoms with Gasteiger partial charge in [-0.1, -0.05) is 42.5 Å². The Morgan fingerprint density at radius 1 is 1.04 bits per heavy atom. The predicted molar refractivity (Wildman–Crippen MR) is 98.1 cm³/mol. The zero-order valence-electron chi connectivity index (χ0n) is 13.7. The van der Waals surface area contributed by atoms with Crippen LogP contribution in [0.4, 0.5) is 10.5 Å². The van der Waals surface area contributed by atoms with Crippen LogP contribution in [-0.2, 0) is 11.3 Å². The highest BCUT2D eigenvalue weighted by molar-refractivity contribution is 7.98. The van der Waals surface area contributed by atoms with Crippen LogP contribution in [0.25, 0.3) is 0 Å². The predicted octanol–water partition coefficient (Wildman–Crippen LogP) is 3.23. The summed E-state index contributed by atoms with van der Waals surface area (Å²) in [5, 5.41) is 8.22. The fourth-order valence-corrected chi connectivity index (χ4v) is 2.66. The number of carbonyl (C=O) groups is 2. The molecule has 5 nitrogen and oxygen atoms in total. The van der Waals surface area contributed by atoms with Crippen molar-refractivity contribution in [2.24, 2.45) is 0 Å². The first-order valence-electron chi connectivity index (χ1n) is 7.62. The summed E-state index contributed by atoms with van der Waals surface area (Å²) >= 11 is 1.55. The zero-order valence-corrected chi connectivity index (χ0v) is 14.5. The minimum atomic E-state index is -0.629. The maximum Gasteiger partial charge on any atom is 0.319 e. The van der Waals surface area contributed by atoms with Gasteiger partial charge in [-0.15, -0.1) is 11.8 Å². The maximum atomic E-state index is 12.1. The zero-order chi connectivity index (χ0) is 17.4. The Labute approximate surface area is 146 Å².